The molecule has 0 aliphatic carbocycles. The number of nitrogen functional groups attached to an aromatic ring is 1. The van der Waals surface area contributed by atoms with Gasteiger partial charge in [-0.05, 0) is 50.1 Å². The van der Waals surface area contributed by atoms with Gasteiger partial charge in [0.1, 0.15) is 23.2 Å². The fraction of sp³-hybridized carbons (Fsp3) is 0.400. The molecule has 0 spiro atoms. The zero-order valence-corrected chi connectivity index (χ0v) is 29.8. The zero-order valence-electron chi connectivity index (χ0n) is 29.0. The maximum atomic E-state index is 14.2. The maximum Gasteiger partial charge on any atom is 0.280 e. The van der Waals surface area contributed by atoms with E-state index in [0.29, 0.717) is 36.2 Å². The molecule has 1 aliphatic rings. The van der Waals surface area contributed by atoms with Crippen LogP contribution >= 0.6 is 11.8 Å². The molecule has 4 rings (SSSR count). The van der Waals surface area contributed by atoms with Gasteiger partial charge in [0.05, 0.1) is 22.8 Å². The molecule has 0 radical (unpaired) electrons. The van der Waals surface area contributed by atoms with Crippen molar-refractivity contribution < 1.29 is 14.0 Å². The maximum absolute atomic E-state index is 14.2. The number of nitrogens with two attached hydrogens (primary N) is 1. The number of pyridine rings is 1. The average Bonchev–Trinajstić information content (AvgIpc) is 3.65. The third-order valence-electron chi connectivity index (χ3n) is 7.41. The lowest BCUT2D eigenvalue weighted by Crippen LogP contribution is -2.33. The SMILES string of the molecule is CC.CC/C=C/C=C\C(F)=C(/C)C(=N)SC(=N)C(=O)Nc1cnc2n(c1=O)C(C(=O)C(C)C)CC2.CCc1cc2cnc(N)cc2n1C. The van der Waals surface area contributed by atoms with Gasteiger partial charge in [-0.1, -0.05) is 59.8 Å². The van der Waals surface area contributed by atoms with E-state index >= 15 is 0 Å². The first kappa shape index (κ1) is 39.5. The van der Waals surface area contributed by atoms with E-state index in [1.165, 1.54) is 35.5 Å². The minimum Gasteiger partial charge on any atom is -0.384 e. The molecule has 258 valence electrons. The van der Waals surface area contributed by atoms with Gasteiger partial charge in [-0.2, -0.15) is 0 Å². The molecule has 3 aromatic rings. The van der Waals surface area contributed by atoms with Gasteiger partial charge in [0.25, 0.3) is 11.5 Å². The first-order chi connectivity index (χ1) is 22.8. The normalized spacial score (nSPS) is 14.2. The van der Waals surface area contributed by atoms with E-state index in [1.807, 2.05) is 39.1 Å². The van der Waals surface area contributed by atoms with E-state index in [2.05, 4.69) is 39.9 Å². The number of hydrogen-bond acceptors (Lipinski definition) is 9. The van der Waals surface area contributed by atoms with E-state index in [1.54, 1.807) is 19.9 Å². The van der Waals surface area contributed by atoms with Crippen molar-refractivity contribution in [3.05, 3.63) is 82.1 Å². The monoisotopic (exact) mass is 678 g/mol. The molecule has 5 N–H and O–H groups in total. The summed E-state index contributed by atoms with van der Waals surface area (Å²) < 4.78 is 17.6. The highest BCUT2D eigenvalue weighted by molar-refractivity contribution is 8.28. The Morgan fingerprint density at radius 3 is 2.46 bits per heavy atom. The first-order valence-electron chi connectivity index (χ1n) is 16.0. The molecule has 11 nitrogen and oxygen atoms in total. The summed E-state index contributed by atoms with van der Waals surface area (Å²) in [6, 6.07) is 3.44. The number of aryl methyl sites for hydroxylation is 3. The minimum absolute atomic E-state index is 0.0204. The summed E-state index contributed by atoms with van der Waals surface area (Å²) >= 11 is 0.469. The predicted molar refractivity (Wildman–Crippen MR) is 196 cm³/mol. The Labute approximate surface area is 285 Å². The fourth-order valence-corrected chi connectivity index (χ4v) is 5.38. The molecule has 0 saturated carbocycles. The van der Waals surface area contributed by atoms with Gasteiger partial charge in [0.15, 0.2) is 10.8 Å². The first-order valence-corrected chi connectivity index (χ1v) is 16.8. The number of aromatic nitrogens is 4. The van der Waals surface area contributed by atoms with Crippen LogP contribution in [0.5, 0.6) is 0 Å². The summed E-state index contributed by atoms with van der Waals surface area (Å²) in [5.41, 5.74) is 7.34. The van der Waals surface area contributed by atoms with Crippen molar-refractivity contribution in [2.45, 2.75) is 80.2 Å². The molecular weight excluding hydrogens is 632 g/mol. The van der Waals surface area contributed by atoms with Crippen molar-refractivity contribution in [3.63, 3.8) is 0 Å². The highest BCUT2D eigenvalue weighted by Crippen LogP contribution is 2.26. The van der Waals surface area contributed by atoms with Crippen molar-refractivity contribution in [2.75, 3.05) is 11.1 Å². The number of rotatable bonds is 8. The second-order valence-corrected chi connectivity index (χ2v) is 12.0. The van der Waals surface area contributed by atoms with Gasteiger partial charge in [-0.25, -0.2) is 14.4 Å². The van der Waals surface area contributed by atoms with Crippen molar-refractivity contribution in [3.8, 4) is 0 Å². The lowest BCUT2D eigenvalue weighted by atomic mass is 10.0. The van der Waals surface area contributed by atoms with Crippen LogP contribution < -0.4 is 16.6 Å². The molecule has 4 heterocycles. The third-order valence-corrected chi connectivity index (χ3v) is 8.31. The van der Waals surface area contributed by atoms with Crippen LogP contribution in [-0.2, 0) is 29.5 Å². The molecule has 1 unspecified atom stereocenters. The highest BCUT2D eigenvalue weighted by atomic mass is 32.2. The smallest absolute Gasteiger partial charge is 0.280 e. The Kier molecular flexibility index (Phi) is 15.3. The number of Topliss-reactive ketones (excluding diaryl/α,β-unsaturated/α-hetero) is 1. The van der Waals surface area contributed by atoms with Crippen LogP contribution in [0, 0.1) is 16.7 Å². The van der Waals surface area contributed by atoms with E-state index in [0.717, 1.165) is 23.7 Å². The van der Waals surface area contributed by atoms with Crippen molar-refractivity contribution in [1.82, 2.24) is 19.1 Å². The standard InChI is InChI=1S/C23H28FN5O3S.C10H13N3.C2H6/c1-5-6-7-8-9-15(24)14(4)20(25)33-21(26)22(31)28-16-12-27-18-11-10-17(19(30)13(2)3)29(18)23(16)32;1-3-8-4-7-6-12-10(11)5-9(7)13(8)2;1-2/h6-9,12-13,17,25-26H,5,10-11H2,1-4H3,(H,28,31);4-6H,3H2,1-2H3,(H2,11,12);1-2H3/b7-6+,9-8-,15-14-,25-20?,26-21?;;. The number of amides is 1. The second kappa shape index (κ2) is 18.6. The molecule has 13 heteroatoms. The third kappa shape index (κ3) is 9.93. The quantitative estimate of drug-likeness (QED) is 0.112. The number of hydrogen-bond donors (Lipinski definition) is 4. The van der Waals surface area contributed by atoms with Gasteiger partial charge < -0.3 is 15.6 Å². The molecule has 1 amide bonds. The number of carbonyl (C=O) groups excluding carboxylic acids is 2. The minimum atomic E-state index is -0.927. The Hall–Kier alpha value is -4.65. The summed E-state index contributed by atoms with van der Waals surface area (Å²) in [4.78, 5) is 46.0. The number of nitrogens with one attached hydrogen (secondary N) is 3. The van der Waals surface area contributed by atoms with Gasteiger partial charge in [-0.3, -0.25) is 29.8 Å². The lowest BCUT2D eigenvalue weighted by molar-refractivity contribution is -0.125. The largest absolute Gasteiger partial charge is 0.384 e. The molecule has 48 heavy (non-hydrogen) atoms. The van der Waals surface area contributed by atoms with E-state index in [-0.39, 0.29) is 28.0 Å². The van der Waals surface area contributed by atoms with Gasteiger partial charge >= 0.3 is 0 Å². The summed E-state index contributed by atoms with van der Waals surface area (Å²) in [5, 5.41) is 18.5. The summed E-state index contributed by atoms with van der Waals surface area (Å²) in [6.07, 6.45) is 12.1. The number of ketones is 1. The molecule has 0 bridgehead atoms. The van der Waals surface area contributed by atoms with Crippen molar-refractivity contribution in [2.24, 2.45) is 13.0 Å². The number of allylic oxidation sites excluding steroid dienone is 5. The van der Waals surface area contributed by atoms with Crippen LogP contribution in [-0.4, -0.2) is 40.9 Å². The van der Waals surface area contributed by atoms with Crippen LogP contribution in [0.1, 0.15) is 78.9 Å². The molecule has 1 aliphatic heterocycles. The number of carbonyl (C=O) groups is 2. The lowest BCUT2D eigenvalue weighted by Gasteiger charge is -2.16. The summed E-state index contributed by atoms with van der Waals surface area (Å²) in [5.74, 6) is -0.859. The summed E-state index contributed by atoms with van der Waals surface area (Å²) in [6.45, 7) is 13.0. The van der Waals surface area contributed by atoms with Crippen LogP contribution in [0.4, 0.5) is 15.9 Å². The number of anilines is 2. The van der Waals surface area contributed by atoms with Crippen LogP contribution in [0.3, 0.4) is 0 Å². The second-order valence-electron chi connectivity index (χ2n) is 11.0. The number of fused-ring (bicyclic) bond motifs is 2. The number of nitrogens with zero attached hydrogens (tertiary/aromatic N) is 4. The molecule has 0 saturated heterocycles. The van der Waals surface area contributed by atoms with E-state index in [4.69, 9.17) is 16.6 Å². The topological polar surface area (TPSA) is 173 Å². The molecular formula is C35H47FN8O3S. The Morgan fingerprint density at radius 1 is 1.15 bits per heavy atom. The predicted octanol–water partition coefficient (Wildman–Crippen LogP) is 7.09. The van der Waals surface area contributed by atoms with Gasteiger partial charge in [0.2, 0.25) is 0 Å². The van der Waals surface area contributed by atoms with E-state index < -0.39 is 28.4 Å². The fourth-order valence-electron chi connectivity index (χ4n) is 4.78. The Bertz CT molecular complexity index is 1800. The van der Waals surface area contributed by atoms with Crippen LogP contribution in [0.25, 0.3) is 10.9 Å². The van der Waals surface area contributed by atoms with E-state index in [9.17, 15) is 18.8 Å². The number of thioether (sulfide) groups is 1. The van der Waals surface area contributed by atoms with Gasteiger partial charge in [0, 0.05) is 48.3 Å². The van der Waals surface area contributed by atoms with Crippen molar-refractivity contribution in [1.29, 1.82) is 10.8 Å². The van der Waals surface area contributed by atoms with Gasteiger partial charge in [-0.15, -0.1) is 0 Å². The van der Waals surface area contributed by atoms with Crippen molar-refractivity contribution >= 4 is 55.9 Å². The highest BCUT2D eigenvalue weighted by Gasteiger charge is 2.32. The van der Waals surface area contributed by atoms with Crippen LogP contribution in [0.15, 0.2) is 65.0 Å². The molecule has 0 aromatic carbocycles. The zero-order chi connectivity index (χ0) is 36.1. The summed E-state index contributed by atoms with van der Waals surface area (Å²) in [7, 11) is 2.06. The van der Waals surface area contributed by atoms with Crippen LogP contribution in [0.2, 0.25) is 0 Å². The Morgan fingerprint density at radius 2 is 1.83 bits per heavy atom. The molecule has 1 atom stereocenters. The molecule has 0 fully saturated rings. The molecule has 3 aromatic heterocycles. The Balaban J connectivity index is 0.000000439. The average molecular weight is 679 g/mol. The number of halogens is 1.